The first kappa shape index (κ1) is 11.7. The van der Waals surface area contributed by atoms with E-state index in [-0.39, 0.29) is 5.97 Å². The highest BCUT2D eigenvalue weighted by molar-refractivity contribution is 9.10. The number of hydrogen-bond acceptors (Lipinski definition) is 2. The van der Waals surface area contributed by atoms with E-state index in [0.29, 0.717) is 5.56 Å². The molecule has 0 unspecified atom stereocenters. The van der Waals surface area contributed by atoms with Crippen LogP contribution in [0.2, 0.25) is 0 Å². The fraction of sp³-hybridized carbons (Fsp3) is 0.0833. The molecule has 0 atom stereocenters. The largest absolute Gasteiger partial charge is 0.465 e. The number of halogens is 1. The Hall–Kier alpha value is -1.35. The minimum atomic E-state index is -0.340. The molecule has 0 aliphatic rings. The summed E-state index contributed by atoms with van der Waals surface area (Å²) >= 11 is 3.37. The Morgan fingerprint density at radius 1 is 1.07 bits per heavy atom. The van der Waals surface area contributed by atoms with E-state index in [4.69, 9.17) is 0 Å². The van der Waals surface area contributed by atoms with Gasteiger partial charge in [0, 0.05) is 4.47 Å². The van der Waals surface area contributed by atoms with Gasteiger partial charge in [0.05, 0.1) is 12.7 Å². The fourth-order valence-corrected chi connectivity index (χ4v) is 1.28. The Labute approximate surface area is 97.3 Å². The predicted molar refractivity (Wildman–Crippen MR) is 63.1 cm³/mol. The van der Waals surface area contributed by atoms with E-state index in [1.165, 1.54) is 7.11 Å². The van der Waals surface area contributed by atoms with E-state index >= 15 is 0 Å². The van der Waals surface area contributed by atoms with E-state index < -0.39 is 0 Å². The molecule has 3 heteroatoms. The zero-order valence-electron chi connectivity index (χ0n) is 8.31. The molecule has 15 heavy (non-hydrogen) atoms. The minimum Gasteiger partial charge on any atom is -0.465 e. The Morgan fingerprint density at radius 2 is 1.53 bits per heavy atom. The SMILES string of the molecule is COC(=O)c1ccccc(Br)cccc1. The van der Waals surface area contributed by atoms with Gasteiger partial charge in [-0.2, -0.15) is 0 Å². The molecule has 0 saturated carbocycles. The van der Waals surface area contributed by atoms with Crippen molar-refractivity contribution in [3.63, 3.8) is 0 Å². The lowest BCUT2D eigenvalue weighted by Gasteiger charge is -1.94. The molecule has 0 aliphatic heterocycles. The van der Waals surface area contributed by atoms with Crippen molar-refractivity contribution < 1.29 is 9.53 Å². The monoisotopic (exact) mass is 266 g/mol. The number of ether oxygens (including phenoxy) is 1. The molecule has 0 aliphatic carbocycles. The highest BCUT2D eigenvalue weighted by Crippen LogP contribution is 2.05. The van der Waals surface area contributed by atoms with E-state index in [2.05, 4.69) is 20.7 Å². The first-order chi connectivity index (χ1) is 7.24. The zero-order chi connectivity index (χ0) is 11.1. The number of methoxy groups -OCH3 is 1. The molecule has 0 radical (unpaired) electrons. The van der Waals surface area contributed by atoms with E-state index in [1.807, 2.05) is 24.3 Å². The predicted octanol–water partition coefficient (Wildman–Crippen LogP) is 3.36. The Bertz CT molecular complexity index is 373. The van der Waals surface area contributed by atoms with Crippen molar-refractivity contribution in [2.24, 2.45) is 0 Å². The van der Waals surface area contributed by atoms with Gasteiger partial charge in [-0.25, -0.2) is 4.79 Å². The maximum absolute atomic E-state index is 11.3. The molecule has 0 spiro atoms. The molecular weight excluding hydrogens is 256 g/mol. The first-order valence-electron chi connectivity index (χ1n) is 4.41. The summed E-state index contributed by atoms with van der Waals surface area (Å²) in [6.07, 6.45) is 0. The van der Waals surface area contributed by atoms with E-state index in [0.717, 1.165) is 4.47 Å². The third-order valence-corrected chi connectivity index (χ3v) is 2.23. The molecule has 0 fully saturated rings. The van der Waals surface area contributed by atoms with Crippen molar-refractivity contribution in [3.8, 4) is 0 Å². The molecule has 1 aromatic carbocycles. The van der Waals surface area contributed by atoms with Crippen LogP contribution in [-0.4, -0.2) is 13.1 Å². The van der Waals surface area contributed by atoms with Crippen LogP contribution in [0.25, 0.3) is 0 Å². The van der Waals surface area contributed by atoms with Gasteiger partial charge in [0.15, 0.2) is 0 Å². The highest BCUT2D eigenvalue weighted by Gasteiger charge is 1.99. The Kier molecular flexibility index (Phi) is 4.84. The van der Waals surface area contributed by atoms with Crippen molar-refractivity contribution in [1.82, 2.24) is 0 Å². The summed E-state index contributed by atoms with van der Waals surface area (Å²) in [7, 11) is 1.37. The summed E-state index contributed by atoms with van der Waals surface area (Å²) < 4.78 is 5.61. The summed E-state index contributed by atoms with van der Waals surface area (Å²) in [6, 6.07) is 14.5. The van der Waals surface area contributed by atoms with Gasteiger partial charge in [0.25, 0.3) is 0 Å². The Morgan fingerprint density at radius 3 is 2.00 bits per heavy atom. The maximum atomic E-state index is 11.3. The molecule has 78 valence electrons. The van der Waals surface area contributed by atoms with Crippen LogP contribution in [0.4, 0.5) is 0 Å². The lowest BCUT2D eigenvalue weighted by molar-refractivity contribution is 0.0601. The molecule has 2 nitrogen and oxygen atoms in total. The molecule has 0 aromatic heterocycles. The molecule has 0 bridgehead atoms. The van der Waals surface area contributed by atoms with Crippen molar-refractivity contribution in [2.45, 2.75) is 0 Å². The second-order valence-corrected chi connectivity index (χ2v) is 3.68. The van der Waals surface area contributed by atoms with Gasteiger partial charge in [0.2, 0.25) is 0 Å². The van der Waals surface area contributed by atoms with Crippen molar-refractivity contribution in [2.75, 3.05) is 7.11 Å². The normalized spacial score (nSPS) is 8.93. The van der Waals surface area contributed by atoms with Gasteiger partial charge in [0.1, 0.15) is 0 Å². The molecule has 0 saturated heterocycles. The van der Waals surface area contributed by atoms with Gasteiger partial charge in [-0.05, 0) is 24.3 Å². The zero-order valence-corrected chi connectivity index (χ0v) is 9.90. The summed E-state index contributed by atoms with van der Waals surface area (Å²) in [5, 5.41) is 0. The molecule has 0 amide bonds. The number of rotatable bonds is 1. The van der Waals surface area contributed by atoms with Crippen LogP contribution < -0.4 is 0 Å². The first-order valence-corrected chi connectivity index (χ1v) is 5.20. The Balaban J connectivity index is 3.18. The average Bonchev–Trinajstić information content (AvgIpc) is 2.26. The van der Waals surface area contributed by atoms with Crippen LogP contribution in [0.5, 0.6) is 0 Å². The second-order valence-electron chi connectivity index (χ2n) is 2.77. The van der Waals surface area contributed by atoms with Crippen LogP contribution >= 0.6 is 15.9 Å². The van der Waals surface area contributed by atoms with Crippen LogP contribution in [-0.2, 0) is 4.74 Å². The van der Waals surface area contributed by atoms with Crippen LogP contribution in [0.15, 0.2) is 53.0 Å². The quantitative estimate of drug-likeness (QED) is 0.729. The van der Waals surface area contributed by atoms with Crippen molar-refractivity contribution in [1.29, 1.82) is 0 Å². The van der Waals surface area contributed by atoms with Gasteiger partial charge in [-0.3, -0.25) is 0 Å². The molecule has 1 rings (SSSR count). The van der Waals surface area contributed by atoms with Gasteiger partial charge >= 0.3 is 5.97 Å². The highest BCUT2D eigenvalue weighted by atomic mass is 79.9. The summed E-state index contributed by atoms with van der Waals surface area (Å²) in [5.41, 5.74) is 0.518. The smallest absolute Gasteiger partial charge is 0.337 e. The lowest BCUT2D eigenvalue weighted by Crippen LogP contribution is -1.98. The lowest BCUT2D eigenvalue weighted by atomic mass is 10.2. The maximum Gasteiger partial charge on any atom is 0.337 e. The van der Waals surface area contributed by atoms with Crippen molar-refractivity contribution in [3.05, 3.63) is 58.6 Å². The molecule has 0 heterocycles. The summed E-state index contributed by atoms with van der Waals surface area (Å²) in [4.78, 5) is 11.3. The molecule has 1 aromatic rings. The van der Waals surface area contributed by atoms with E-state index in [9.17, 15) is 4.79 Å². The fourth-order valence-electron chi connectivity index (χ4n) is 0.978. The number of hydrogen-bond donors (Lipinski definition) is 0. The number of carbonyl (C=O) groups excluding carboxylic acids is 1. The third-order valence-electron chi connectivity index (χ3n) is 1.71. The minimum absolute atomic E-state index is 0.340. The average molecular weight is 267 g/mol. The standard InChI is InChI=1S/C12H11BrO2/c1-15-12(14)10-6-2-4-8-11(13)9-5-3-7-10/h2-9H,1H3. The molecule has 0 N–H and O–H groups in total. The summed E-state index contributed by atoms with van der Waals surface area (Å²) in [6.45, 7) is 0. The van der Waals surface area contributed by atoms with Gasteiger partial charge in [-0.15, -0.1) is 0 Å². The summed E-state index contributed by atoms with van der Waals surface area (Å²) in [5.74, 6) is -0.340. The third kappa shape index (κ3) is 4.13. The number of carbonyl (C=O) groups is 1. The van der Waals surface area contributed by atoms with Crippen LogP contribution in [0, 0.1) is 0 Å². The molecular formula is C12H11BrO2. The van der Waals surface area contributed by atoms with Crippen LogP contribution in [0.1, 0.15) is 10.4 Å². The topological polar surface area (TPSA) is 26.3 Å². The van der Waals surface area contributed by atoms with Gasteiger partial charge in [-0.1, -0.05) is 40.2 Å². The number of esters is 1. The van der Waals surface area contributed by atoms with Crippen molar-refractivity contribution >= 4 is 21.9 Å². The van der Waals surface area contributed by atoms with E-state index in [1.54, 1.807) is 24.3 Å². The van der Waals surface area contributed by atoms with Crippen LogP contribution in [0.3, 0.4) is 0 Å². The van der Waals surface area contributed by atoms with Gasteiger partial charge < -0.3 is 4.74 Å². The second kappa shape index (κ2) is 6.19.